The zero-order chi connectivity index (χ0) is 23.3. The predicted molar refractivity (Wildman–Crippen MR) is 123 cm³/mol. The Morgan fingerprint density at radius 1 is 0.806 bits per heavy atom. The van der Waals surface area contributed by atoms with Crippen molar-refractivity contribution < 1.29 is 36.5 Å². The van der Waals surface area contributed by atoms with Gasteiger partial charge in [0.1, 0.15) is 5.82 Å². The predicted octanol–water partition coefficient (Wildman–Crippen LogP) is 8.07. The standard InChI is InChI=1S/C15H8F3.C9H13.C2H6Si.Zr/c16-12-7-8-13(17)15(18)14(12)11-6-5-9-3-1-2-4-10(9)11;1-6-5-7(2)9(4)8(6)3;1-3-2;/h1-8H;5H,1-4H3;1-2H3;/q2*-1;;+2. The van der Waals surface area contributed by atoms with Gasteiger partial charge in [0.05, 0.1) is 0 Å². The summed E-state index contributed by atoms with van der Waals surface area (Å²) in [5, 5.41) is 1.58. The van der Waals surface area contributed by atoms with E-state index >= 15 is 0 Å². The summed E-state index contributed by atoms with van der Waals surface area (Å²) in [7, 11) is 0. The van der Waals surface area contributed by atoms with E-state index in [1.807, 2.05) is 12.1 Å². The van der Waals surface area contributed by atoms with E-state index < -0.39 is 17.5 Å². The van der Waals surface area contributed by atoms with Crippen molar-refractivity contribution in [1.82, 2.24) is 0 Å². The first-order chi connectivity index (χ1) is 14.5. The van der Waals surface area contributed by atoms with E-state index in [4.69, 9.17) is 0 Å². The first kappa shape index (κ1) is 25.5. The smallest absolute Gasteiger partial charge is 0.159 e. The summed E-state index contributed by atoms with van der Waals surface area (Å²) in [6.45, 7) is 13.3. The average molecular weight is 516 g/mol. The maximum Gasteiger partial charge on any atom is 0.159 e. The van der Waals surface area contributed by atoms with E-state index in [1.165, 1.54) is 22.3 Å². The minimum absolute atomic E-state index is 0.210. The maximum absolute atomic E-state index is 13.7. The minimum Gasteiger partial charge on any atom is -0.207 e. The van der Waals surface area contributed by atoms with E-state index in [1.54, 1.807) is 47.6 Å². The van der Waals surface area contributed by atoms with Gasteiger partial charge in [-0.25, -0.2) is 13.2 Å². The fraction of sp³-hybridized carbons (Fsp3) is 0.231. The molecule has 0 atom stereocenters. The number of halogens is 3. The Morgan fingerprint density at radius 3 is 1.84 bits per heavy atom. The van der Waals surface area contributed by atoms with Gasteiger partial charge in [0.15, 0.2) is 11.6 Å². The Bertz CT molecular complexity index is 1170. The molecule has 0 saturated heterocycles. The third-order valence-corrected chi connectivity index (χ3v) is 5.17. The second-order valence-corrected chi connectivity index (χ2v) is 17.2. The van der Waals surface area contributed by atoms with Crippen LogP contribution < -0.4 is 0 Å². The summed E-state index contributed by atoms with van der Waals surface area (Å²) in [5.74, 6) is -2.95. The van der Waals surface area contributed by atoms with Crippen LogP contribution in [0.2, 0.25) is 13.1 Å². The van der Waals surface area contributed by atoms with Gasteiger partial charge in [-0.1, -0.05) is 33.8 Å². The quantitative estimate of drug-likeness (QED) is 0.137. The fourth-order valence-corrected chi connectivity index (χ4v) is 3.28. The molecule has 0 heterocycles. The molecule has 0 aliphatic rings. The molecule has 0 bridgehead atoms. The summed E-state index contributed by atoms with van der Waals surface area (Å²) in [5.41, 5.74) is 6.02. The monoisotopic (exact) mass is 514 g/mol. The van der Waals surface area contributed by atoms with Crippen molar-refractivity contribution in [2.24, 2.45) is 0 Å². The molecule has 0 amide bonds. The zero-order valence-electron chi connectivity index (χ0n) is 18.8. The second kappa shape index (κ2) is 11.2. The minimum atomic E-state index is -1.15. The van der Waals surface area contributed by atoms with Crippen LogP contribution in [-0.4, -0.2) is 5.43 Å². The molecular formula is C26H27F3SiZr. The molecule has 4 rings (SSSR count). The molecule has 160 valence electrons. The topological polar surface area (TPSA) is 0 Å². The summed E-state index contributed by atoms with van der Waals surface area (Å²) in [4.78, 5) is 0. The molecule has 31 heavy (non-hydrogen) atoms. The number of hydrogen-bond acceptors (Lipinski definition) is 0. The molecular weight excluding hydrogens is 489 g/mol. The van der Waals surface area contributed by atoms with Crippen LogP contribution >= 0.6 is 0 Å². The number of aryl methyl sites for hydroxylation is 2. The molecule has 0 fully saturated rings. The first-order valence-electron chi connectivity index (χ1n) is 10.0. The van der Waals surface area contributed by atoms with E-state index in [0.717, 1.165) is 17.5 Å². The summed E-state index contributed by atoms with van der Waals surface area (Å²) in [6.07, 6.45) is 0. The summed E-state index contributed by atoms with van der Waals surface area (Å²) < 4.78 is 40.7. The number of fused-ring (bicyclic) bond motifs is 1. The Labute approximate surface area is 198 Å². The molecule has 4 aromatic carbocycles. The van der Waals surface area contributed by atoms with Gasteiger partial charge in [-0.15, -0.1) is 46.7 Å². The van der Waals surface area contributed by atoms with Crippen LogP contribution in [0.15, 0.2) is 54.6 Å². The third kappa shape index (κ3) is 6.40. The van der Waals surface area contributed by atoms with Crippen LogP contribution in [0, 0.1) is 45.1 Å². The molecule has 0 saturated carbocycles. The van der Waals surface area contributed by atoms with Gasteiger partial charge in [0, 0.05) is 5.56 Å². The van der Waals surface area contributed by atoms with Crippen molar-refractivity contribution in [2.45, 2.75) is 40.8 Å². The van der Waals surface area contributed by atoms with Crippen molar-refractivity contribution in [2.75, 3.05) is 0 Å². The molecule has 0 radical (unpaired) electrons. The van der Waals surface area contributed by atoms with Gasteiger partial charge < -0.3 is 0 Å². The van der Waals surface area contributed by atoms with Crippen LogP contribution in [0.4, 0.5) is 13.2 Å². The van der Waals surface area contributed by atoms with Crippen molar-refractivity contribution in [3.63, 3.8) is 0 Å². The van der Waals surface area contributed by atoms with Crippen molar-refractivity contribution in [1.29, 1.82) is 0 Å². The molecule has 4 aromatic rings. The molecule has 0 nitrogen and oxygen atoms in total. The first-order valence-corrected chi connectivity index (χ1v) is 16.2. The SMILES string of the molecule is C[Si](C)=[Zr+2].Cc1[cH-]c(C)c(C)c1C.Fc1ccc(F)c(-c2c[cH-]c3ccccc23)c1F. The van der Waals surface area contributed by atoms with E-state index in [2.05, 4.69) is 46.9 Å². The van der Waals surface area contributed by atoms with E-state index in [-0.39, 0.29) is 11.0 Å². The molecule has 5 heteroatoms. The van der Waals surface area contributed by atoms with Crippen LogP contribution in [0.25, 0.3) is 21.9 Å². The van der Waals surface area contributed by atoms with Crippen LogP contribution in [0.3, 0.4) is 0 Å². The van der Waals surface area contributed by atoms with Gasteiger partial charge in [-0.3, -0.25) is 0 Å². The van der Waals surface area contributed by atoms with Crippen molar-refractivity contribution >= 4 is 16.2 Å². The largest absolute Gasteiger partial charge is 0.207 e. The second-order valence-electron chi connectivity index (χ2n) is 7.81. The van der Waals surface area contributed by atoms with E-state index in [9.17, 15) is 13.2 Å². The molecule has 0 aromatic heterocycles. The third-order valence-electron chi connectivity index (χ3n) is 5.17. The van der Waals surface area contributed by atoms with Crippen molar-refractivity contribution in [3.05, 3.63) is 94.3 Å². The number of hydrogen-bond donors (Lipinski definition) is 0. The number of benzene rings is 2. The molecule has 0 aliphatic heterocycles. The average Bonchev–Trinajstić information content (AvgIpc) is 3.22. The summed E-state index contributed by atoms with van der Waals surface area (Å²) in [6, 6.07) is 14.5. The van der Waals surface area contributed by atoms with Gasteiger partial charge in [-0.05, 0) is 12.1 Å². The van der Waals surface area contributed by atoms with Gasteiger partial charge in [0.2, 0.25) is 0 Å². The van der Waals surface area contributed by atoms with Gasteiger partial charge >= 0.3 is 41.9 Å². The molecule has 0 N–H and O–H groups in total. The maximum atomic E-state index is 13.7. The Hall–Kier alpha value is -1.71. The van der Waals surface area contributed by atoms with Crippen LogP contribution in [0.5, 0.6) is 0 Å². The zero-order valence-corrected chi connectivity index (χ0v) is 22.3. The molecule has 0 unspecified atom stereocenters. The Morgan fingerprint density at radius 2 is 1.32 bits per heavy atom. The van der Waals surface area contributed by atoms with E-state index in [0.29, 0.717) is 10.9 Å². The van der Waals surface area contributed by atoms with Crippen molar-refractivity contribution in [3.8, 4) is 11.1 Å². The van der Waals surface area contributed by atoms with Crippen LogP contribution in [0.1, 0.15) is 22.3 Å². The van der Waals surface area contributed by atoms with Gasteiger partial charge in [-0.2, -0.15) is 28.3 Å². The molecule has 0 spiro atoms. The fourth-order valence-electron chi connectivity index (χ4n) is 3.28. The molecule has 0 aliphatic carbocycles. The van der Waals surface area contributed by atoms with Crippen LogP contribution in [-0.2, 0) is 23.3 Å². The Kier molecular flexibility index (Phi) is 9.27. The normalized spacial score (nSPS) is 10.3. The van der Waals surface area contributed by atoms with Gasteiger partial charge in [0.25, 0.3) is 0 Å². The summed E-state index contributed by atoms with van der Waals surface area (Å²) >= 11 is 1.74. The Balaban J connectivity index is 0.000000220. The number of rotatable bonds is 1.